The van der Waals surface area contributed by atoms with Crippen LogP contribution in [0.1, 0.15) is 17.4 Å². The molecule has 31 heavy (non-hydrogen) atoms. The van der Waals surface area contributed by atoms with Crippen molar-refractivity contribution in [1.82, 2.24) is 9.97 Å². The summed E-state index contributed by atoms with van der Waals surface area (Å²) >= 11 is 18.1. The van der Waals surface area contributed by atoms with Gasteiger partial charge in [0.2, 0.25) is 0 Å². The highest BCUT2D eigenvalue weighted by molar-refractivity contribution is 6.42. The zero-order chi connectivity index (χ0) is 22.0. The molecule has 156 valence electrons. The first kappa shape index (κ1) is 21.3. The van der Waals surface area contributed by atoms with Crippen LogP contribution in [-0.4, -0.2) is 20.8 Å². The van der Waals surface area contributed by atoms with E-state index in [1.807, 2.05) is 18.2 Å². The third-order valence-corrected chi connectivity index (χ3v) is 5.47. The van der Waals surface area contributed by atoms with Gasteiger partial charge in [0.25, 0.3) is 5.56 Å². The largest absolute Gasteiger partial charge is 0.382 e. The number of hydrogen-bond donors (Lipinski definition) is 3. The summed E-state index contributed by atoms with van der Waals surface area (Å²) in [5.74, 6) is 0. The van der Waals surface area contributed by atoms with Crippen LogP contribution in [0.15, 0.2) is 76.6 Å². The van der Waals surface area contributed by atoms with E-state index in [1.54, 1.807) is 42.5 Å². The molecule has 0 saturated carbocycles. The minimum absolute atomic E-state index is 0.0142. The number of benzene rings is 3. The van der Waals surface area contributed by atoms with E-state index in [0.29, 0.717) is 32.3 Å². The van der Waals surface area contributed by atoms with Crippen molar-refractivity contribution in [2.75, 3.05) is 5.43 Å². The van der Waals surface area contributed by atoms with E-state index in [1.165, 1.54) is 6.07 Å². The number of aromatic amines is 1. The lowest BCUT2D eigenvalue weighted by atomic mass is 10.0. The number of aliphatic hydroxyl groups excluding tert-OH is 1. The van der Waals surface area contributed by atoms with Gasteiger partial charge in [-0.3, -0.25) is 10.2 Å². The van der Waals surface area contributed by atoms with Crippen molar-refractivity contribution in [2.45, 2.75) is 6.10 Å². The Hall–Kier alpha value is -2.90. The Bertz CT molecular complexity index is 1340. The summed E-state index contributed by atoms with van der Waals surface area (Å²) < 4.78 is 0. The van der Waals surface area contributed by atoms with Gasteiger partial charge in [0, 0.05) is 5.02 Å². The second-order valence-corrected chi connectivity index (χ2v) is 7.88. The highest BCUT2D eigenvalue weighted by Gasteiger charge is 2.23. The topological polar surface area (TPSA) is 90.4 Å². The molecule has 0 radical (unpaired) electrons. The number of aliphatic hydroxyl groups is 1. The van der Waals surface area contributed by atoms with Crippen LogP contribution in [0.5, 0.6) is 0 Å². The van der Waals surface area contributed by atoms with Gasteiger partial charge in [-0.15, -0.1) is 0 Å². The number of hydrazone groups is 1. The smallest absolute Gasteiger partial charge is 0.276 e. The van der Waals surface area contributed by atoms with Crippen LogP contribution in [0, 0.1) is 0 Å². The monoisotopic (exact) mass is 472 g/mol. The lowest BCUT2D eigenvalue weighted by Gasteiger charge is -2.15. The molecule has 0 amide bonds. The predicted octanol–water partition coefficient (Wildman–Crippen LogP) is 5.43. The molecule has 4 aromatic rings. The summed E-state index contributed by atoms with van der Waals surface area (Å²) in [4.78, 5) is 20.0. The number of aromatic nitrogens is 2. The van der Waals surface area contributed by atoms with Crippen molar-refractivity contribution < 1.29 is 5.11 Å². The summed E-state index contributed by atoms with van der Waals surface area (Å²) in [5.41, 5.74) is 4.34. The van der Waals surface area contributed by atoms with Crippen LogP contribution in [0.2, 0.25) is 15.1 Å². The molecule has 0 bridgehead atoms. The second kappa shape index (κ2) is 9.08. The van der Waals surface area contributed by atoms with E-state index in [2.05, 4.69) is 20.5 Å². The zero-order valence-electron chi connectivity index (χ0n) is 15.8. The van der Waals surface area contributed by atoms with Crippen molar-refractivity contribution >= 4 is 57.2 Å². The van der Waals surface area contributed by atoms with Crippen LogP contribution in [-0.2, 0) is 0 Å². The maximum atomic E-state index is 12.8. The fraction of sp³-hybridized carbons (Fsp3) is 0.0455. The summed E-state index contributed by atoms with van der Waals surface area (Å²) in [7, 11) is 0. The standard InChI is InChI=1S/C22H15Cl3N4O2/c23-13-7-9-17-18(11-13)27-22(31)20(26-17)19(29-28-14-4-2-1-3-5-14)21(30)12-6-8-15(24)16(25)10-12/h1-11,21,28,30H,(H,27,31)/b29-19+/t21-/m0/s1. The molecule has 0 unspecified atom stereocenters. The third kappa shape index (κ3) is 4.73. The number of nitrogens with one attached hydrogen (secondary N) is 2. The van der Waals surface area contributed by atoms with E-state index in [4.69, 9.17) is 34.8 Å². The zero-order valence-corrected chi connectivity index (χ0v) is 18.1. The van der Waals surface area contributed by atoms with Gasteiger partial charge in [0.1, 0.15) is 11.8 Å². The Morgan fingerprint density at radius 3 is 2.52 bits per heavy atom. The average molecular weight is 474 g/mol. The fourth-order valence-corrected chi connectivity index (χ4v) is 3.43. The van der Waals surface area contributed by atoms with Gasteiger partial charge >= 0.3 is 0 Å². The molecule has 6 nitrogen and oxygen atoms in total. The molecule has 3 aromatic carbocycles. The first-order valence-electron chi connectivity index (χ1n) is 9.14. The molecule has 1 heterocycles. The minimum atomic E-state index is -1.30. The van der Waals surface area contributed by atoms with Crippen LogP contribution < -0.4 is 11.0 Å². The van der Waals surface area contributed by atoms with E-state index in [9.17, 15) is 9.90 Å². The fourth-order valence-electron chi connectivity index (χ4n) is 2.95. The van der Waals surface area contributed by atoms with Crippen LogP contribution in [0.25, 0.3) is 11.0 Å². The Morgan fingerprint density at radius 2 is 1.77 bits per heavy atom. The Kier molecular flexibility index (Phi) is 6.25. The van der Waals surface area contributed by atoms with Crippen molar-refractivity contribution in [2.24, 2.45) is 5.10 Å². The van der Waals surface area contributed by atoms with Crippen LogP contribution >= 0.6 is 34.8 Å². The molecule has 0 saturated heterocycles. The molecule has 4 rings (SSSR count). The minimum Gasteiger partial charge on any atom is -0.382 e. The Labute approximate surface area is 192 Å². The molecule has 0 fully saturated rings. The number of anilines is 1. The molecule has 3 N–H and O–H groups in total. The van der Waals surface area contributed by atoms with Crippen molar-refractivity contribution in [3.63, 3.8) is 0 Å². The van der Waals surface area contributed by atoms with Gasteiger partial charge in [-0.1, -0.05) is 59.1 Å². The SMILES string of the molecule is O=c1[nH]c2cc(Cl)ccc2nc1/C(=N\Nc1ccccc1)[C@@H](O)c1ccc(Cl)c(Cl)c1. The maximum absolute atomic E-state index is 12.8. The average Bonchev–Trinajstić information content (AvgIpc) is 2.76. The summed E-state index contributed by atoms with van der Waals surface area (Å²) in [6.07, 6.45) is -1.30. The molecule has 0 aliphatic carbocycles. The number of nitrogens with zero attached hydrogens (tertiary/aromatic N) is 2. The van der Waals surface area contributed by atoms with Gasteiger partial charge in [-0.25, -0.2) is 4.98 Å². The second-order valence-electron chi connectivity index (χ2n) is 6.63. The molecule has 0 aliphatic heterocycles. The molecular weight excluding hydrogens is 459 g/mol. The summed E-state index contributed by atoms with van der Waals surface area (Å²) in [6.45, 7) is 0. The van der Waals surface area contributed by atoms with E-state index in [0.717, 1.165) is 0 Å². The molecule has 1 aromatic heterocycles. The number of H-pyrrole nitrogens is 1. The van der Waals surface area contributed by atoms with Crippen LogP contribution in [0.3, 0.4) is 0 Å². The Morgan fingerprint density at radius 1 is 1.00 bits per heavy atom. The molecular formula is C22H15Cl3N4O2. The third-order valence-electron chi connectivity index (χ3n) is 4.49. The highest BCUT2D eigenvalue weighted by Crippen LogP contribution is 2.27. The molecule has 0 aliphatic rings. The van der Waals surface area contributed by atoms with E-state index in [-0.39, 0.29) is 16.4 Å². The lowest BCUT2D eigenvalue weighted by molar-refractivity contribution is 0.247. The van der Waals surface area contributed by atoms with E-state index < -0.39 is 11.7 Å². The Balaban J connectivity index is 1.84. The molecule has 1 atom stereocenters. The normalized spacial score (nSPS) is 12.7. The summed E-state index contributed by atoms with van der Waals surface area (Å²) in [6, 6.07) is 18.7. The lowest BCUT2D eigenvalue weighted by Crippen LogP contribution is -2.26. The van der Waals surface area contributed by atoms with Gasteiger partial charge < -0.3 is 10.1 Å². The summed E-state index contributed by atoms with van der Waals surface area (Å²) in [5, 5.41) is 16.5. The van der Waals surface area contributed by atoms with Crippen molar-refractivity contribution in [1.29, 1.82) is 0 Å². The quantitative estimate of drug-likeness (QED) is 0.266. The number of fused-ring (bicyclic) bond motifs is 1. The maximum Gasteiger partial charge on any atom is 0.276 e. The van der Waals surface area contributed by atoms with Gasteiger partial charge in [0.05, 0.1) is 26.8 Å². The van der Waals surface area contributed by atoms with Crippen LogP contribution in [0.4, 0.5) is 5.69 Å². The van der Waals surface area contributed by atoms with Gasteiger partial charge in [0.15, 0.2) is 5.69 Å². The van der Waals surface area contributed by atoms with E-state index >= 15 is 0 Å². The molecule has 0 spiro atoms. The number of hydrogen-bond acceptors (Lipinski definition) is 5. The first-order valence-corrected chi connectivity index (χ1v) is 10.3. The number of rotatable bonds is 5. The highest BCUT2D eigenvalue weighted by atomic mass is 35.5. The van der Waals surface area contributed by atoms with Gasteiger partial charge in [-0.2, -0.15) is 5.10 Å². The van der Waals surface area contributed by atoms with Gasteiger partial charge in [-0.05, 0) is 48.0 Å². The first-order chi connectivity index (χ1) is 14.9. The van der Waals surface area contributed by atoms with Crippen molar-refractivity contribution in [3.8, 4) is 0 Å². The number of halogens is 3. The number of para-hydroxylation sites is 1. The predicted molar refractivity (Wildman–Crippen MR) is 125 cm³/mol. The molecule has 9 heteroatoms. The van der Waals surface area contributed by atoms with Crippen molar-refractivity contribution in [3.05, 3.63) is 103 Å².